The molecule has 0 aliphatic carbocycles. The molecule has 3 aromatic rings. The molecule has 0 bridgehead atoms. The van der Waals surface area contributed by atoms with Gasteiger partial charge in [0.25, 0.3) is 5.91 Å². The first-order chi connectivity index (χ1) is 12.4. The number of nitrogens with one attached hydrogen (secondary N) is 1. The van der Waals surface area contributed by atoms with Gasteiger partial charge in [0.1, 0.15) is 5.75 Å². The maximum Gasteiger partial charge on any atom is 0.255 e. The maximum absolute atomic E-state index is 12.2. The summed E-state index contributed by atoms with van der Waals surface area (Å²) in [6.07, 6.45) is 5.69. The Kier molecular flexibility index (Phi) is 4.94. The van der Waals surface area contributed by atoms with Crippen molar-refractivity contribution in [1.29, 1.82) is 0 Å². The van der Waals surface area contributed by atoms with Crippen LogP contribution in [0.3, 0.4) is 0 Å². The van der Waals surface area contributed by atoms with Gasteiger partial charge in [-0.25, -0.2) is 13.4 Å². The van der Waals surface area contributed by atoms with E-state index in [4.69, 9.17) is 4.74 Å². The predicted octanol–water partition coefficient (Wildman–Crippen LogP) is 2.92. The van der Waals surface area contributed by atoms with E-state index in [0.29, 0.717) is 22.9 Å². The Morgan fingerprint density at radius 3 is 2.27 bits per heavy atom. The van der Waals surface area contributed by atoms with E-state index in [1.165, 1.54) is 36.7 Å². The number of sulfone groups is 1. The summed E-state index contributed by atoms with van der Waals surface area (Å²) in [4.78, 5) is 20.3. The fraction of sp³-hybridized carbons (Fsp3) is 0.0556. The lowest BCUT2D eigenvalue weighted by Gasteiger charge is -2.08. The number of nitrogens with zero attached hydrogens (tertiary/aromatic N) is 2. The third-order valence-electron chi connectivity index (χ3n) is 3.42. The van der Waals surface area contributed by atoms with Crippen molar-refractivity contribution in [1.82, 2.24) is 9.97 Å². The van der Waals surface area contributed by atoms with E-state index in [0.717, 1.165) is 6.26 Å². The molecule has 0 saturated carbocycles. The molecular formula is C18H15N3O4S. The van der Waals surface area contributed by atoms with Gasteiger partial charge < -0.3 is 10.1 Å². The molecule has 8 heteroatoms. The molecule has 2 aromatic carbocycles. The van der Waals surface area contributed by atoms with E-state index >= 15 is 0 Å². The van der Waals surface area contributed by atoms with Crippen molar-refractivity contribution in [3.63, 3.8) is 0 Å². The second-order valence-corrected chi connectivity index (χ2v) is 7.44. The molecule has 7 nitrogen and oxygen atoms in total. The minimum Gasteiger partial charge on any atom is -0.438 e. The molecule has 0 atom stereocenters. The summed E-state index contributed by atoms with van der Waals surface area (Å²) in [6, 6.07) is 12.5. The number of rotatable bonds is 5. The highest BCUT2D eigenvalue weighted by molar-refractivity contribution is 7.90. The lowest BCUT2D eigenvalue weighted by Crippen LogP contribution is -2.12. The van der Waals surface area contributed by atoms with Crippen LogP contribution in [0.2, 0.25) is 0 Å². The summed E-state index contributed by atoms with van der Waals surface area (Å²) >= 11 is 0. The smallest absolute Gasteiger partial charge is 0.255 e. The van der Waals surface area contributed by atoms with Crippen molar-refractivity contribution < 1.29 is 17.9 Å². The van der Waals surface area contributed by atoms with Gasteiger partial charge >= 0.3 is 0 Å². The highest BCUT2D eigenvalue weighted by Gasteiger charge is 2.10. The number of benzene rings is 2. The van der Waals surface area contributed by atoms with Crippen LogP contribution in [0.5, 0.6) is 11.6 Å². The molecule has 0 radical (unpaired) electrons. The number of anilines is 1. The summed E-state index contributed by atoms with van der Waals surface area (Å²) in [6.45, 7) is 0. The van der Waals surface area contributed by atoms with Crippen LogP contribution in [-0.2, 0) is 9.84 Å². The van der Waals surface area contributed by atoms with Crippen molar-refractivity contribution in [3.05, 3.63) is 72.7 Å². The first kappa shape index (κ1) is 17.6. The van der Waals surface area contributed by atoms with Gasteiger partial charge in [-0.05, 0) is 48.5 Å². The van der Waals surface area contributed by atoms with Crippen LogP contribution in [-0.4, -0.2) is 30.5 Å². The van der Waals surface area contributed by atoms with Crippen molar-refractivity contribution in [2.45, 2.75) is 4.90 Å². The highest BCUT2D eigenvalue weighted by Crippen LogP contribution is 2.21. The van der Waals surface area contributed by atoms with Crippen LogP contribution in [0.1, 0.15) is 10.4 Å². The van der Waals surface area contributed by atoms with Crippen molar-refractivity contribution >= 4 is 21.4 Å². The number of carbonyl (C=O) groups excluding carboxylic acids is 1. The van der Waals surface area contributed by atoms with Gasteiger partial charge in [-0.2, -0.15) is 0 Å². The zero-order valence-corrected chi connectivity index (χ0v) is 14.6. The second-order valence-electron chi connectivity index (χ2n) is 5.42. The van der Waals surface area contributed by atoms with Crippen molar-refractivity contribution in [2.75, 3.05) is 11.6 Å². The maximum atomic E-state index is 12.2. The van der Waals surface area contributed by atoms with Crippen LogP contribution >= 0.6 is 0 Å². The van der Waals surface area contributed by atoms with E-state index in [-0.39, 0.29) is 10.8 Å². The Balaban J connectivity index is 1.66. The third kappa shape index (κ3) is 4.42. The average molecular weight is 369 g/mol. The molecule has 0 aliphatic rings. The van der Waals surface area contributed by atoms with Crippen molar-refractivity contribution in [2.24, 2.45) is 0 Å². The normalized spacial score (nSPS) is 11.0. The van der Waals surface area contributed by atoms with Crippen LogP contribution in [0, 0.1) is 0 Å². The number of amides is 1. The molecule has 0 unspecified atom stereocenters. The summed E-state index contributed by atoms with van der Waals surface area (Å²) in [5.41, 5.74) is 0.936. The quantitative estimate of drug-likeness (QED) is 0.742. The van der Waals surface area contributed by atoms with Gasteiger partial charge in [0.15, 0.2) is 9.84 Å². The minimum atomic E-state index is -3.29. The highest BCUT2D eigenvalue weighted by atomic mass is 32.2. The van der Waals surface area contributed by atoms with E-state index in [2.05, 4.69) is 15.3 Å². The Labute approximate surface area is 150 Å². The Morgan fingerprint density at radius 2 is 1.69 bits per heavy atom. The number of ether oxygens (including phenoxy) is 1. The summed E-state index contributed by atoms with van der Waals surface area (Å²) in [5, 5.41) is 2.74. The number of aromatic nitrogens is 2. The van der Waals surface area contributed by atoms with E-state index in [1.807, 2.05) is 0 Å². The molecular weight excluding hydrogens is 354 g/mol. The molecule has 0 spiro atoms. The summed E-state index contributed by atoms with van der Waals surface area (Å²) in [5.74, 6) is 0.587. The second kappa shape index (κ2) is 7.32. The molecule has 0 saturated heterocycles. The molecule has 1 aromatic heterocycles. The first-order valence-electron chi connectivity index (χ1n) is 7.57. The first-order valence-corrected chi connectivity index (χ1v) is 9.46. The predicted molar refractivity (Wildman–Crippen MR) is 96.1 cm³/mol. The molecule has 1 N–H and O–H groups in total. The Bertz CT molecular complexity index is 1000. The lowest BCUT2D eigenvalue weighted by atomic mass is 10.2. The molecule has 1 amide bonds. The van der Waals surface area contributed by atoms with E-state index < -0.39 is 9.84 Å². The van der Waals surface area contributed by atoms with Crippen LogP contribution in [0.25, 0.3) is 0 Å². The summed E-state index contributed by atoms with van der Waals surface area (Å²) in [7, 11) is -3.29. The van der Waals surface area contributed by atoms with Crippen LogP contribution < -0.4 is 10.1 Å². The van der Waals surface area contributed by atoms with Gasteiger partial charge in [0.2, 0.25) is 5.88 Å². The average Bonchev–Trinajstić information content (AvgIpc) is 2.63. The lowest BCUT2D eigenvalue weighted by molar-refractivity contribution is 0.102. The number of hydrogen-bond acceptors (Lipinski definition) is 6. The van der Waals surface area contributed by atoms with Crippen LogP contribution in [0.15, 0.2) is 72.0 Å². The Morgan fingerprint density at radius 1 is 1.00 bits per heavy atom. The zero-order valence-electron chi connectivity index (χ0n) is 13.8. The van der Waals surface area contributed by atoms with Gasteiger partial charge in [-0.1, -0.05) is 0 Å². The van der Waals surface area contributed by atoms with Gasteiger partial charge in [-0.15, -0.1) is 0 Å². The van der Waals surface area contributed by atoms with E-state index in [1.54, 1.807) is 30.5 Å². The summed E-state index contributed by atoms with van der Waals surface area (Å²) < 4.78 is 28.4. The SMILES string of the molecule is CS(=O)(=O)c1ccc(C(=O)Nc2ccc(Oc3cnccn3)cc2)cc1. The van der Waals surface area contributed by atoms with Gasteiger partial charge in [0.05, 0.1) is 11.1 Å². The fourth-order valence-electron chi connectivity index (χ4n) is 2.12. The molecule has 132 valence electrons. The molecule has 0 aliphatic heterocycles. The minimum absolute atomic E-state index is 0.166. The number of carbonyl (C=O) groups is 1. The molecule has 1 heterocycles. The van der Waals surface area contributed by atoms with Gasteiger partial charge in [-0.3, -0.25) is 9.78 Å². The molecule has 3 rings (SSSR count). The van der Waals surface area contributed by atoms with Crippen molar-refractivity contribution in [3.8, 4) is 11.6 Å². The van der Waals surface area contributed by atoms with E-state index in [9.17, 15) is 13.2 Å². The topological polar surface area (TPSA) is 98.2 Å². The Hall–Kier alpha value is -3.26. The number of hydrogen-bond donors (Lipinski definition) is 1. The van der Waals surface area contributed by atoms with Gasteiger partial charge in [0, 0.05) is 29.9 Å². The third-order valence-corrected chi connectivity index (χ3v) is 4.55. The molecule has 0 fully saturated rings. The molecule has 26 heavy (non-hydrogen) atoms. The largest absolute Gasteiger partial charge is 0.438 e. The fourth-order valence-corrected chi connectivity index (χ4v) is 2.75. The monoisotopic (exact) mass is 369 g/mol. The standard InChI is InChI=1S/C18H15N3O4S/c1-26(23,24)16-8-2-13(3-9-16)18(22)21-14-4-6-15(7-5-14)25-17-12-19-10-11-20-17/h2-12H,1H3,(H,21,22). The van der Waals surface area contributed by atoms with Crippen LogP contribution in [0.4, 0.5) is 5.69 Å². The zero-order chi connectivity index (χ0) is 18.6.